The average Bonchev–Trinajstić information content (AvgIpc) is 3.39. The summed E-state index contributed by atoms with van der Waals surface area (Å²) in [6, 6.07) is 13.4. The van der Waals surface area contributed by atoms with E-state index in [1.165, 1.54) is 0 Å². The second-order valence-corrected chi connectivity index (χ2v) is 8.53. The number of rotatable bonds is 7. The van der Waals surface area contributed by atoms with Crippen LogP contribution in [0.15, 0.2) is 42.5 Å². The highest BCUT2D eigenvalue weighted by atomic mass is 35.5. The maximum atomic E-state index is 13.1. The Labute approximate surface area is 187 Å². The summed E-state index contributed by atoms with van der Waals surface area (Å²) in [5.74, 6) is 1.42. The van der Waals surface area contributed by atoms with E-state index in [1.54, 1.807) is 4.68 Å². The first-order valence-corrected chi connectivity index (χ1v) is 11.0. The third-order valence-electron chi connectivity index (χ3n) is 5.88. The van der Waals surface area contributed by atoms with Crippen molar-refractivity contribution in [3.63, 3.8) is 0 Å². The Hall–Kier alpha value is -2.93. The standard InChI is InChI=1S/C23H27ClN6O/c1-16-15-17(2)30(29-16)21-10-9-20(27-28-21)25-13-14-26-22(31)23(11-3-4-12-23)18-5-7-19(24)8-6-18/h5-10,15H,3-4,11-14H2,1-2H3,(H,25,27)(H,26,31). The zero-order valence-corrected chi connectivity index (χ0v) is 18.6. The number of aromatic nitrogens is 4. The number of anilines is 1. The molecule has 0 saturated heterocycles. The van der Waals surface area contributed by atoms with Gasteiger partial charge in [0, 0.05) is 23.8 Å². The topological polar surface area (TPSA) is 84.7 Å². The van der Waals surface area contributed by atoms with Crippen LogP contribution in [0.25, 0.3) is 5.82 Å². The first-order chi connectivity index (χ1) is 15.0. The van der Waals surface area contributed by atoms with Crippen LogP contribution in [0.4, 0.5) is 5.82 Å². The lowest BCUT2D eigenvalue weighted by molar-refractivity contribution is -0.126. The number of halogens is 1. The van der Waals surface area contributed by atoms with E-state index in [2.05, 4.69) is 25.9 Å². The maximum absolute atomic E-state index is 13.1. The predicted octanol–water partition coefficient (Wildman–Crippen LogP) is 3.97. The van der Waals surface area contributed by atoms with E-state index in [4.69, 9.17) is 11.6 Å². The molecule has 7 nitrogen and oxygen atoms in total. The van der Waals surface area contributed by atoms with E-state index in [1.807, 2.05) is 56.3 Å². The summed E-state index contributed by atoms with van der Waals surface area (Å²) in [6.07, 6.45) is 3.86. The van der Waals surface area contributed by atoms with Gasteiger partial charge < -0.3 is 10.6 Å². The molecule has 1 aromatic carbocycles. The van der Waals surface area contributed by atoms with E-state index >= 15 is 0 Å². The molecule has 162 valence electrons. The number of nitrogens with one attached hydrogen (secondary N) is 2. The van der Waals surface area contributed by atoms with Crippen LogP contribution in [0, 0.1) is 13.8 Å². The summed E-state index contributed by atoms with van der Waals surface area (Å²) >= 11 is 6.03. The molecule has 31 heavy (non-hydrogen) atoms. The Morgan fingerprint density at radius 1 is 1.06 bits per heavy atom. The van der Waals surface area contributed by atoms with Gasteiger partial charge in [0.2, 0.25) is 5.91 Å². The number of hydrogen-bond donors (Lipinski definition) is 2. The van der Waals surface area contributed by atoms with Crippen LogP contribution in [-0.2, 0) is 10.2 Å². The van der Waals surface area contributed by atoms with Crippen LogP contribution >= 0.6 is 11.6 Å². The summed E-state index contributed by atoms with van der Waals surface area (Å²) in [5, 5.41) is 19.9. The van der Waals surface area contributed by atoms with Crippen LogP contribution in [0.3, 0.4) is 0 Å². The number of nitrogens with zero attached hydrogens (tertiary/aromatic N) is 4. The fourth-order valence-electron chi connectivity index (χ4n) is 4.32. The Bertz CT molecular complexity index is 1040. The first-order valence-electron chi connectivity index (χ1n) is 10.6. The third kappa shape index (κ3) is 4.56. The summed E-state index contributed by atoms with van der Waals surface area (Å²) in [7, 11) is 0. The molecule has 8 heteroatoms. The van der Waals surface area contributed by atoms with Gasteiger partial charge in [-0.05, 0) is 62.6 Å². The van der Waals surface area contributed by atoms with Gasteiger partial charge in [0.1, 0.15) is 5.82 Å². The van der Waals surface area contributed by atoms with Crippen molar-refractivity contribution in [3.05, 3.63) is 64.4 Å². The van der Waals surface area contributed by atoms with Crippen molar-refractivity contribution in [1.82, 2.24) is 25.3 Å². The molecule has 0 unspecified atom stereocenters. The molecule has 1 saturated carbocycles. The van der Waals surface area contributed by atoms with Crippen molar-refractivity contribution < 1.29 is 4.79 Å². The maximum Gasteiger partial charge on any atom is 0.230 e. The zero-order chi connectivity index (χ0) is 21.8. The first kappa shape index (κ1) is 21.3. The monoisotopic (exact) mass is 438 g/mol. The number of aryl methyl sites for hydroxylation is 2. The second kappa shape index (κ2) is 9.06. The molecule has 1 aliphatic carbocycles. The van der Waals surface area contributed by atoms with Crippen LogP contribution in [0.2, 0.25) is 5.02 Å². The molecule has 0 spiro atoms. The van der Waals surface area contributed by atoms with Crippen molar-refractivity contribution in [2.45, 2.75) is 44.9 Å². The average molecular weight is 439 g/mol. The Kier molecular flexibility index (Phi) is 6.23. The predicted molar refractivity (Wildman–Crippen MR) is 122 cm³/mol. The van der Waals surface area contributed by atoms with E-state index < -0.39 is 5.41 Å². The number of carbonyl (C=O) groups excluding carboxylic acids is 1. The summed E-state index contributed by atoms with van der Waals surface area (Å²) < 4.78 is 1.77. The molecule has 1 fully saturated rings. The third-order valence-corrected chi connectivity index (χ3v) is 6.13. The summed E-state index contributed by atoms with van der Waals surface area (Å²) in [5.41, 5.74) is 2.55. The van der Waals surface area contributed by atoms with Crippen molar-refractivity contribution >= 4 is 23.3 Å². The van der Waals surface area contributed by atoms with Gasteiger partial charge in [0.05, 0.1) is 11.1 Å². The smallest absolute Gasteiger partial charge is 0.230 e. The second-order valence-electron chi connectivity index (χ2n) is 8.09. The molecule has 2 heterocycles. The molecule has 0 radical (unpaired) electrons. The van der Waals surface area contributed by atoms with E-state index in [9.17, 15) is 4.79 Å². The Balaban J connectivity index is 1.32. The summed E-state index contributed by atoms with van der Waals surface area (Å²) in [6.45, 7) is 5.01. The van der Waals surface area contributed by atoms with Gasteiger partial charge in [-0.2, -0.15) is 5.10 Å². The van der Waals surface area contributed by atoms with Crippen LogP contribution in [0.1, 0.15) is 42.6 Å². The summed E-state index contributed by atoms with van der Waals surface area (Å²) in [4.78, 5) is 13.1. The highest BCUT2D eigenvalue weighted by molar-refractivity contribution is 6.30. The number of benzene rings is 1. The molecule has 3 aromatic rings. The lowest BCUT2D eigenvalue weighted by atomic mass is 9.78. The normalized spacial score (nSPS) is 15.1. The molecular formula is C23H27ClN6O. The van der Waals surface area contributed by atoms with Crippen LogP contribution < -0.4 is 10.6 Å². The van der Waals surface area contributed by atoms with Crippen molar-refractivity contribution in [2.75, 3.05) is 18.4 Å². The number of hydrogen-bond acceptors (Lipinski definition) is 5. The highest BCUT2D eigenvalue weighted by Gasteiger charge is 2.42. The van der Waals surface area contributed by atoms with Crippen LogP contribution in [-0.4, -0.2) is 39.0 Å². The van der Waals surface area contributed by atoms with Gasteiger partial charge in [0.25, 0.3) is 0 Å². The van der Waals surface area contributed by atoms with Crippen molar-refractivity contribution in [1.29, 1.82) is 0 Å². The molecule has 0 atom stereocenters. The Morgan fingerprint density at radius 2 is 1.81 bits per heavy atom. The Morgan fingerprint density at radius 3 is 2.42 bits per heavy atom. The van der Waals surface area contributed by atoms with Gasteiger partial charge in [-0.1, -0.05) is 36.6 Å². The molecular weight excluding hydrogens is 412 g/mol. The SMILES string of the molecule is Cc1cc(C)n(-c2ccc(NCCNC(=O)C3(c4ccc(Cl)cc4)CCCC3)nn2)n1. The molecule has 4 rings (SSSR count). The van der Waals surface area contributed by atoms with Crippen molar-refractivity contribution in [3.8, 4) is 5.82 Å². The van der Waals surface area contributed by atoms with E-state index in [-0.39, 0.29) is 5.91 Å². The van der Waals surface area contributed by atoms with Gasteiger partial charge in [-0.25, -0.2) is 4.68 Å². The van der Waals surface area contributed by atoms with E-state index in [0.29, 0.717) is 29.7 Å². The van der Waals surface area contributed by atoms with Gasteiger partial charge in [-0.3, -0.25) is 4.79 Å². The van der Waals surface area contributed by atoms with Gasteiger partial charge >= 0.3 is 0 Å². The minimum absolute atomic E-state index is 0.0834. The molecule has 1 aliphatic rings. The minimum atomic E-state index is -0.453. The fourth-order valence-corrected chi connectivity index (χ4v) is 4.45. The van der Waals surface area contributed by atoms with Crippen molar-refractivity contribution in [2.24, 2.45) is 0 Å². The van der Waals surface area contributed by atoms with E-state index in [0.717, 1.165) is 42.6 Å². The van der Waals surface area contributed by atoms with Gasteiger partial charge in [-0.15, -0.1) is 10.2 Å². The largest absolute Gasteiger partial charge is 0.367 e. The molecule has 2 aromatic heterocycles. The number of amides is 1. The lowest BCUT2D eigenvalue weighted by Gasteiger charge is -2.28. The molecule has 0 bridgehead atoms. The highest BCUT2D eigenvalue weighted by Crippen LogP contribution is 2.41. The quantitative estimate of drug-likeness (QED) is 0.545. The van der Waals surface area contributed by atoms with Crippen LogP contribution in [0.5, 0.6) is 0 Å². The zero-order valence-electron chi connectivity index (χ0n) is 17.9. The van der Waals surface area contributed by atoms with Gasteiger partial charge in [0.15, 0.2) is 5.82 Å². The minimum Gasteiger partial charge on any atom is -0.367 e. The molecule has 0 aliphatic heterocycles. The fraction of sp³-hybridized carbons (Fsp3) is 0.391. The lowest BCUT2D eigenvalue weighted by Crippen LogP contribution is -2.44. The number of carbonyl (C=O) groups is 1. The molecule has 1 amide bonds. The molecule has 2 N–H and O–H groups in total.